The Hall–Kier alpha value is -0.410. The molecule has 1 aromatic heterocycles. The second-order valence-electron chi connectivity index (χ2n) is 6.69. The maximum absolute atomic E-state index is 4.68. The second-order valence-corrected chi connectivity index (χ2v) is 7.98. The molecule has 2 nitrogen and oxygen atoms in total. The highest BCUT2D eigenvalue weighted by Gasteiger charge is 2.26. The fourth-order valence-corrected chi connectivity index (χ4v) is 2.92. The van der Waals surface area contributed by atoms with E-state index in [0.717, 1.165) is 13.0 Å². The summed E-state index contributed by atoms with van der Waals surface area (Å²) >= 11 is 1.85. The minimum atomic E-state index is 0.186. The van der Waals surface area contributed by atoms with E-state index in [4.69, 9.17) is 0 Å². The van der Waals surface area contributed by atoms with Crippen LogP contribution in [0.25, 0.3) is 0 Å². The smallest absolute Gasteiger partial charge is 0.0936 e. The van der Waals surface area contributed by atoms with Crippen molar-refractivity contribution in [3.8, 4) is 0 Å². The molecule has 0 amide bonds. The van der Waals surface area contributed by atoms with Gasteiger partial charge in [-0.2, -0.15) is 0 Å². The molecule has 0 aromatic carbocycles. The summed E-state index contributed by atoms with van der Waals surface area (Å²) in [7, 11) is 0. The number of hydrogen-bond donors (Lipinski definition) is 1. The minimum absolute atomic E-state index is 0.186. The molecule has 0 aliphatic heterocycles. The van der Waals surface area contributed by atoms with E-state index < -0.39 is 0 Å². The zero-order valence-electron chi connectivity index (χ0n) is 13.0. The fourth-order valence-electron chi connectivity index (χ4n) is 1.77. The highest BCUT2D eigenvalue weighted by molar-refractivity contribution is 7.11. The van der Waals surface area contributed by atoms with Gasteiger partial charge in [-0.25, -0.2) is 4.98 Å². The van der Waals surface area contributed by atoms with Crippen molar-refractivity contribution < 1.29 is 0 Å². The monoisotopic (exact) mass is 268 g/mol. The summed E-state index contributed by atoms with van der Waals surface area (Å²) in [5, 5.41) is 4.91. The Morgan fingerprint density at radius 3 is 2.17 bits per heavy atom. The summed E-state index contributed by atoms with van der Waals surface area (Å²) < 4.78 is 0. The van der Waals surface area contributed by atoms with E-state index >= 15 is 0 Å². The standard InChI is InChI=1S/C15H28N2S/c1-8-15(7,10-16-14(4,5)6)9-13-17-11(2)12(3)18-13/h16H,8-10H2,1-7H3. The van der Waals surface area contributed by atoms with Gasteiger partial charge in [0.2, 0.25) is 0 Å². The van der Waals surface area contributed by atoms with Gasteiger partial charge < -0.3 is 5.32 Å². The van der Waals surface area contributed by atoms with E-state index in [2.05, 4.69) is 58.8 Å². The van der Waals surface area contributed by atoms with Gasteiger partial charge in [0.25, 0.3) is 0 Å². The first-order chi connectivity index (χ1) is 8.15. The number of nitrogens with zero attached hydrogens (tertiary/aromatic N) is 1. The molecular weight excluding hydrogens is 240 g/mol. The van der Waals surface area contributed by atoms with E-state index in [0.29, 0.717) is 5.41 Å². The molecule has 104 valence electrons. The van der Waals surface area contributed by atoms with Crippen LogP contribution in [0.5, 0.6) is 0 Å². The van der Waals surface area contributed by atoms with Crippen LogP contribution in [0, 0.1) is 19.3 Å². The lowest BCUT2D eigenvalue weighted by Crippen LogP contribution is -2.43. The molecule has 0 radical (unpaired) electrons. The molecule has 0 bridgehead atoms. The minimum Gasteiger partial charge on any atom is -0.312 e. The zero-order chi connectivity index (χ0) is 14.0. The Balaban J connectivity index is 2.70. The van der Waals surface area contributed by atoms with Gasteiger partial charge in [-0.3, -0.25) is 0 Å². The average molecular weight is 268 g/mol. The largest absolute Gasteiger partial charge is 0.312 e. The Bertz CT molecular complexity index is 370. The molecule has 0 saturated carbocycles. The van der Waals surface area contributed by atoms with E-state index in [1.807, 2.05) is 11.3 Å². The molecule has 18 heavy (non-hydrogen) atoms. The van der Waals surface area contributed by atoms with Gasteiger partial charge >= 0.3 is 0 Å². The molecule has 0 spiro atoms. The first-order valence-electron chi connectivity index (χ1n) is 6.83. The number of rotatable bonds is 5. The lowest BCUT2D eigenvalue weighted by atomic mass is 9.83. The maximum atomic E-state index is 4.68. The third-order valence-electron chi connectivity index (χ3n) is 3.55. The summed E-state index contributed by atoms with van der Waals surface area (Å²) in [6, 6.07) is 0. The van der Waals surface area contributed by atoms with Crippen molar-refractivity contribution in [3.05, 3.63) is 15.6 Å². The predicted octanol–water partition coefficient (Wildman–Crippen LogP) is 4.11. The van der Waals surface area contributed by atoms with Crippen molar-refractivity contribution >= 4 is 11.3 Å². The molecule has 1 unspecified atom stereocenters. The van der Waals surface area contributed by atoms with Crippen molar-refractivity contribution in [1.82, 2.24) is 10.3 Å². The van der Waals surface area contributed by atoms with Crippen LogP contribution < -0.4 is 5.32 Å². The van der Waals surface area contributed by atoms with Crippen LogP contribution in [-0.4, -0.2) is 17.1 Å². The lowest BCUT2D eigenvalue weighted by molar-refractivity contribution is 0.254. The zero-order valence-corrected chi connectivity index (χ0v) is 13.8. The number of hydrogen-bond acceptors (Lipinski definition) is 3. The Morgan fingerprint density at radius 2 is 1.78 bits per heavy atom. The number of aromatic nitrogens is 1. The Labute approximate surface area is 116 Å². The third kappa shape index (κ3) is 4.69. The van der Waals surface area contributed by atoms with E-state index in [-0.39, 0.29) is 5.54 Å². The van der Waals surface area contributed by atoms with Gasteiger partial charge in [-0.15, -0.1) is 11.3 Å². The molecule has 0 saturated heterocycles. The van der Waals surface area contributed by atoms with Crippen LogP contribution in [0.3, 0.4) is 0 Å². The van der Waals surface area contributed by atoms with Crippen LogP contribution >= 0.6 is 11.3 Å². The van der Waals surface area contributed by atoms with Crippen LogP contribution in [0.2, 0.25) is 0 Å². The molecule has 1 aromatic rings. The molecule has 1 heterocycles. The molecule has 0 aliphatic rings. The number of aryl methyl sites for hydroxylation is 2. The normalized spacial score (nSPS) is 15.7. The SMILES string of the molecule is CCC(C)(CNC(C)(C)C)Cc1nc(C)c(C)s1. The van der Waals surface area contributed by atoms with Crippen LogP contribution in [0.4, 0.5) is 0 Å². The second kappa shape index (κ2) is 5.70. The first-order valence-corrected chi connectivity index (χ1v) is 7.65. The van der Waals surface area contributed by atoms with Gasteiger partial charge in [0.1, 0.15) is 0 Å². The maximum Gasteiger partial charge on any atom is 0.0936 e. The molecule has 0 fully saturated rings. The Kier molecular flexibility index (Phi) is 4.96. The van der Waals surface area contributed by atoms with Crippen LogP contribution in [0.15, 0.2) is 0 Å². The summed E-state index contributed by atoms with van der Waals surface area (Å²) in [5.41, 5.74) is 1.67. The van der Waals surface area contributed by atoms with Gasteiger partial charge in [0.05, 0.1) is 10.7 Å². The van der Waals surface area contributed by atoms with E-state index in [9.17, 15) is 0 Å². The summed E-state index contributed by atoms with van der Waals surface area (Å²) in [4.78, 5) is 6.03. The lowest BCUT2D eigenvalue weighted by Gasteiger charge is -2.32. The number of thiazole rings is 1. The molecular formula is C15H28N2S. The fraction of sp³-hybridized carbons (Fsp3) is 0.800. The Morgan fingerprint density at radius 1 is 1.17 bits per heavy atom. The van der Waals surface area contributed by atoms with Crippen LogP contribution in [-0.2, 0) is 6.42 Å². The van der Waals surface area contributed by atoms with Gasteiger partial charge in [0.15, 0.2) is 0 Å². The summed E-state index contributed by atoms with van der Waals surface area (Å²) in [6.07, 6.45) is 2.25. The molecule has 1 N–H and O–H groups in total. The van der Waals surface area contributed by atoms with Crippen molar-refractivity contribution in [2.24, 2.45) is 5.41 Å². The third-order valence-corrected chi connectivity index (χ3v) is 4.62. The van der Waals surface area contributed by atoms with Gasteiger partial charge in [0, 0.05) is 23.4 Å². The quantitative estimate of drug-likeness (QED) is 0.869. The van der Waals surface area contributed by atoms with Crippen molar-refractivity contribution in [1.29, 1.82) is 0 Å². The topological polar surface area (TPSA) is 24.9 Å². The molecule has 1 atom stereocenters. The summed E-state index contributed by atoms with van der Waals surface area (Å²) in [5.74, 6) is 0. The molecule has 0 aliphatic carbocycles. The van der Waals surface area contributed by atoms with Gasteiger partial charge in [-0.05, 0) is 46.5 Å². The van der Waals surface area contributed by atoms with E-state index in [1.54, 1.807) is 0 Å². The average Bonchev–Trinajstić information content (AvgIpc) is 2.54. The number of nitrogens with one attached hydrogen (secondary N) is 1. The van der Waals surface area contributed by atoms with Crippen molar-refractivity contribution in [2.45, 2.75) is 66.8 Å². The van der Waals surface area contributed by atoms with Crippen molar-refractivity contribution in [2.75, 3.05) is 6.54 Å². The highest BCUT2D eigenvalue weighted by Crippen LogP contribution is 2.29. The van der Waals surface area contributed by atoms with Crippen LogP contribution in [0.1, 0.15) is 56.6 Å². The van der Waals surface area contributed by atoms with Crippen molar-refractivity contribution in [3.63, 3.8) is 0 Å². The molecule has 3 heteroatoms. The van der Waals surface area contributed by atoms with E-state index in [1.165, 1.54) is 22.0 Å². The summed E-state index contributed by atoms with van der Waals surface area (Å²) in [6.45, 7) is 16.6. The first kappa shape index (κ1) is 15.6. The van der Waals surface area contributed by atoms with Gasteiger partial charge in [-0.1, -0.05) is 13.8 Å². The molecule has 1 rings (SSSR count). The predicted molar refractivity (Wildman–Crippen MR) is 81.4 cm³/mol. The highest BCUT2D eigenvalue weighted by atomic mass is 32.1.